The Morgan fingerprint density at radius 1 is 0.643 bits per heavy atom. The van der Waals surface area contributed by atoms with Crippen LogP contribution in [0.4, 0.5) is 17.3 Å². The number of benzene rings is 4. The summed E-state index contributed by atoms with van der Waals surface area (Å²) in [5.74, 6) is 0. The van der Waals surface area contributed by atoms with Crippen LogP contribution in [0.25, 0.3) is 0 Å². The van der Waals surface area contributed by atoms with Crippen molar-refractivity contribution in [2.24, 2.45) is 0 Å². The van der Waals surface area contributed by atoms with Gasteiger partial charge >= 0.3 is 38.2 Å². The number of rotatable bonds is 7. The van der Waals surface area contributed by atoms with Crippen molar-refractivity contribution in [3.8, 4) is 0 Å². The van der Waals surface area contributed by atoms with Gasteiger partial charge in [0.15, 0.2) is 0 Å². The van der Waals surface area contributed by atoms with Gasteiger partial charge in [-0.1, -0.05) is 146 Å². The summed E-state index contributed by atoms with van der Waals surface area (Å²) in [6.07, 6.45) is 8.02. The largest absolute Gasteiger partial charge is 1.00 e. The van der Waals surface area contributed by atoms with Gasteiger partial charge in [0.1, 0.15) is 6.15 Å². The Kier molecular flexibility index (Phi) is 15.0. The standard InChI is InChI=1S/C24H20B.C10H17N.BF4.Na/c1-5-13-21(14-6-1)25(22-15-7-2-8-16-22,23-17-9-3-10-18-23)24-19-11-4-12-20-24;1-3-4-7-11-8-5-10(2)6-9-11;2-1(3,4)5;/h1-20H;5-6,8H,3-4,7,9H2,1-2H3;;/q-1;;-1;+1/p+1. The Balaban J connectivity index is 0.000000431. The molecule has 0 amide bonds. The van der Waals surface area contributed by atoms with Gasteiger partial charge < -0.3 is 22.2 Å². The predicted octanol–water partition coefficient (Wildman–Crippen LogP) is 4.04. The summed E-state index contributed by atoms with van der Waals surface area (Å²) < 4.78 is 39.0. The first kappa shape index (κ1) is 35.2. The van der Waals surface area contributed by atoms with E-state index >= 15 is 0 Å². The minimum absolute atomic E-state index is 0. The van der Waals surface area contributed by atoms with Gasteiger partial charge in [-0.3, -0.25) is 0 Å². The Morgan fingerprint density at radius 2 is 0.976 bits per heavy atom. The van der Waals surface area contributed by atoms with E-state index in [-0.39, 0.29) is 31.0 Å². The van der Waals surface area contributed by atoms with Crippen molar-refractivity contribution in [3.05, 3.63) is 145 Å². The van der Waals surface area contributed by atoms with Crippen molar-refractivity contribution < 1.29 is 48.2 Å². The van der Waals surface area contributed by atoms with E-state index in [1.54, 1.807) is 0 Å². The Hall–Kier alpha value is -2.99. The second-order valence-electron chi connectivity index (χ2n) is 10.1. The van der Waals surface area contributed by atoms with Crippen molar-refractivity contribution in [3.63, 3.8) is 0 Å². The van der Waals surface area contributed by atoms with E-state index in [0.29, 0.717) is 0 Å². The quantitative estimate of drug-likeness (QED) is 0.236. The van der Waals surface area contributed by atoms with Crippen LogP contribution in [-0.2, 0) is 0 Å². The van der Waals surface area contributed by atoms with Crippen molar-refractivity contribution in [1.82, 2.24) is 4.90 Å². The van der Waals surface area contributed by atoms with Crippen molar-refractivity contribution >= 4 is 35.3 Å². The molecule has 1 aliphatic rings. The zero-order valence-corrected chi connectivity index (χ0v) is 26.7. The van der Waals surface area contributed by atoms with E-state index in [4.69, 9.17) is 0 Å². The van der Waals surface area contributed by atoms with E-state index in [1.165, 1.54) is 46.8 Å². The summed E-state index contributed by atoms with van der Waals surface area (Å²) in [4.78, 5) is 2.36. The SMILES string of the molecule is CCCCN1C=CC(C)=CC1.F[B-](F)(F)F.[H+].[Na+].c1ccc([B-](c2ccccc2)(c2ccccc2)c2ccccc2)cc1. The van der Waals surface area contributed by atoms with Crippen molar-refractivity contribution in [2.45, 2.75) is 26.7 Å². The van der Waals surface area contributed by atoms with E-state index < -0.39 is 13.4 Å². The average molecular weight is 581 g/mol. The minimum atomic E-state index is -6.00. The van der Waals surface area contributed by atoms with E-state index in [1.807, 2.05) is 0 Å². The normalized spacial score (nSPS) is 12.5. The molecule has 214 valence electrons. The summed E-state index contributed by atoms with van der Waals surface area (Å²) in [7, 11) is -6.00. The monoisotopic (exact) mass is 581 g/mol. The molecule has 0 saturated carbocycles. The van der Waals surface area contributed by atoms with E-state index in [2.05, 4.69) is 158 Å². The van der Waals surface area contributed by atoms with Gasteiger partial charge in [-0.15, -0.1) is 0 Å². The molecule has 8 heteroatoms. The van der Waals surface area contributed by atoms with Crippen LogP contribution in [0, 0.1) is 0 Å². The minimum Gasteiger partial charge on any atom is -0.418 e. The first-order valence-electron chi connectivity index (χ1n) is 14.1. The predicted molar refractivity (Wildman–Crippen MR) is 171 cm³/mol. The maximum Gasteiger partial charge on any atom is 1.00 e. The first-order chi connectivity index (χ1) is 19.7. The second kappa shape index (κ2) is 17.8. The van der Waals surface area contributed by atoms with Crippen LogP contribution in [-0.4, -0.2) is 31.4 Å². The van der Waals surface area contributed by atoms with E-state index in [9.17, 15) is 17.3 Å². The molecule has 5 rings (SSSR count). The molecular formula is C34H38B2F4NNa. The summed E-state index contributed by atoms with van der Waals surface area (Å²) in [5.41, 5.74) is 6.74. The molecule has 1 nitrogen and oxygen atoms in total. The van der Waals surface area contributed by atoms with Crippen LogP contribution >= 0.6 is 0 Å². The Bertz CT molecular complexity index is 1190. The topological polar surface area (TPSA) is 3.24 Å². The molecule has 0 aliphatic carbocycles. The molecule has 0 spiro atoms. The molecule has 42 heavy (non-hydrogen) atoms. The fourth-order valence-corrected chi connectivity index (χ4v) is 5.26. The smallest absolute Gasteiger partial charge is 0.418 e. The molecule has 4 aromatic rings. The third kappa shape index (κ3) is 10.7. The van der Waals surface area contributed by atoms with Crippen LogP contribution < -0.4 is 51.4 Å². The summed E-state index contributed by atoms with van der Waals surface area (Å²) in [5, 5.41) is 0. The molecule has 0 atom stereocenters. The van der Waals surface area contributed by atoms with Crippen LogP contribution in [0.1, 0.15) is 28.1 Å². The zero-order chi connectivity index (χ0) is 29.6. The first-order valence-corrected chi connectivity index (χ1v) is 14.1. The fourth-order valence-electron chi connectivity index (χ4n) is 5.26. The molecule has 0 fully saturated rings. The molecule has 1 heterocycles. The number of halogens is 4. The average Bonchev–Trinajstić information content (AvgIpc) is 2.99. The summed E-state index contributed by atoms with van der Waals surface area (Å²) >= 11 is 0. The number of unbranched alkanes of at least 4 members (excludes halogenated alkanes) is 1. The third-order valence-corrected chi connectivity index (χ3v) is 7.19. The maximum atomic E-state index is 9.75. The molecule has 0 radical (unpaired) electrons. The molecular weight excluding hydrogens is 543 g/mol. The van der Waals surface area contributed by atoms with Crippen LogP contribution in [0.2, 0.25) is 0 Å². The van der Waals surface area contributed by atoms with Gasteiger partial charge in [0, 0.05) is 13.1 Å². The number of allylic oxidation sites excluding steroid dienone is 2. The van der Waals surface area contributed by atoms with E-state index in [0.717, 1.165) is 6.54 Å². The van der Waals surface area contributed by atoms with Gasteiger partial charge in [-0.25, -0.2) is 0 Å². The molecule has 0 saturated heterocycles. The number of nitrogens with zero attached hydrogens (tertiary/aromatic N) is 1. The van der Waals surface area contributed by atoms with Gasteiger partial charge in [0.05, 0.1) is 0 Å². The number of hydrogen-bond donors (Lipinski definition) is 0. The van der Waals surface area contributed by atoms with Gasteiger partial charge in [-0.05, 0) is 25.6 Å². The summed E-state index contributed by atoms with van der Waals surface area (Å²) in [6.45, 7) is 6.68. The molecule has 0 aromatic heterocycles. The second-order valence-corrected chi connectivity index (χ2v) is 10.1. The van der Waals surface area contributed by atoms with Crippen LogP contribution in [0.3, 0.4) is 0 Å². The zero-order valence-electron chi connectivity index (χ0n) is 25.7. The molecule has 0 unspecified atom stereocenters. The molecule has 0 N–H and O–H groups in total. The summed E-state index contributed by atoms with van der Waals surface area (Å²) in [6, 6.07) is 43.5. The third-order valence-electron chi connectivity index (χ3n) is 7.19. The fraction of sp³-hybridized carbons (Fsp3) is 0.176. The van der Waals surface area contributed by atoms with Gasteiger partial charge in [0.25, 0.3) is 0 Å². The van der Waals surface area contributed by atoms with Crippen molar-refractivity contribution in [2.75, 3.05) is 13.1 Å². The Labute approximate surface area is 272 Å². The Morgan fingerprint density at radius 3 is 1.24 bits per heavy atom. The van der Waals surface area contributed by atoms with Crippen molar-refractivity contribution in [1.29, 1.82) is 0 Å². The maximum absolute atomic E-state index is 9.75. The van der Waals surface area contributed by atoms with Gasteiger partial charge in [0.2, 0.25) is 0 Å². The molecule has 1 aliphatic heterocycles. The molecule has 0 bridgehead atoms. The van der Waals surface area contributed by atoms with Crippen LogP contribution in [0.5, 0.6) is 0 Å². The van der Waals surface area contributed by atoms with Gasteiger partial charge in [-0.2, -0.15) is 21.9 Å². The number of hydrogen-bond acceptors (Lipinski definition) is 1. The molecule has 4 aromatic carbocycles. The van der Waals surface area contributed by atoms with Crippen LogP contribution in [0.15, 0.2) is 145 Å².